The van der Waals surface area contributed by atoms with E-state index < -0.39 is 5.97 Å². The van der Waals surface area contributed by atoms with Gasteiger partial charge in [0, 0.05) is 5.92 Å². The van der Waals surface area contributed by atoms with Gasteiger partial charge in [0.05, 0.1) is 7.11 Å². The fraction of sp³-hybridized carbons (Fsp3) is 0.529. The molecule has 0 aromatic heterocycles. The summed E-state index contributed by atoms with van der Waals surface area (Å²) in [7, 11) is 1.60. The smallest absolute Gasteiger partial charge is 0.313 e. The fourth-order valence-corrected chi connectivity index (χ4v) is 2.65. The van der Waals surface area contributed by atoms with Crippen LogP contribution in [-0.4, -0.2) is 18.9 Å². The van der Waals surface area contributed by atoms with Crippen LogP contribution in [0.3, 0.4) is 0 Å². The minimum atomic E-state index is -0.429. The number of esters is 1. The Balaban J connectivity index is 1.74. The van der Waals surface area contributed by atoms with E-state index in [0.717, 1.165) is 37.0 Å². The van der Waals surface area contributed by atoms with Crippen molar-refractivity contribution in [3.63, 3.8) is 0 Å². The third-order valence-electron chi connectivity index (χ3n) is 3.94. The number of Topliss-reactive ketones (excluding diaryl/α,β-unsaturated/α-hetero) is 1. The molecular weight excluding hydrogens is 268 g/mol. The third kappa shape index (κ3) is 4.88. The van der Waals surface area contributed by atoms with Crippen LogP contribution in [0.1, 0.15) is 44.1 Å². The quantitative estimate of drug-likeness (QED) is 0.596. The number of rotatable bonds is 6. The van der Waals surface area contributed by atoms with Crippen LogP contribution < -0.4 is 4.74 Å². The first kappa shape index (κ1) is 15.5. The standard InChI is InChI=1S/C17H22O4/c1-20-15-9-7-13(8-10-15)12-21-17(19)11-16(18)14-5-3-2-4-6-14/h7-10,14H,2-6,11-12H2,1H3. The summed E-state index contributed by atoms with van der Waals surface area (Å²) in [6, 6.07) is 7.32. The summed E-state index contributed by atoms with van der Waals surface area (Å²) in [5.74, 6) is 0.431. The molecule has 0 unspecified atom stereocenters. The van der Waals surface area contributed by atoms with Crippen LogP contribution in [0.2, 0.25) is 0 Å². The summed E-state index contributed by atoms with van der Waals surface area (Å²) in [4.78, 5) is 23.7. The molecular formula is C17H22O4. The summed E-state index contributed by atoms with van der Waals surface area (Å²) < 4.78 is 10.2. The van der Waals surface area contributed by atoms with E-state index in [0.29, 0.717) is 0 Å². The molecule has 0 heterocycles. The number of carbonyl (C=O) groups excluding carboxylic acids is 2. The summed E-state index contributed by atoms with van der Waals surface area (Å²) in [6.45, 7) is 0.195. The topological polar surface area (TPSA) is 52.6 Å². The van der Waals surface area contributed by atoms with Crippen molar-refractivity contribution in [2.24, 2.45) is 5.92 Å². The molecule has 114 valence electrons. The Morgan fingerprint density at radius 3 is 2.38 bits per heavy atom. The van der Waals surface area contributed by atoms with Crippen molar-refractivity contribution in [1.29, 1.82) is 0 Å². The lowest BCUT2D eigenvalue weighted by Gasteiger charge is -2.19. The zero-order chi connectivity index (χ0) is 15.1. The first-order chi connectivity index (χ1) is 10.2. The van der Waals surface area contributed by atoms with E-state index in [1.54, 1.807) is 7.11 Å². The van der Waals surface area contributed by atoms with E-state index in [-0.39, 0.29) is 24.7 Å². The number of ketones is 1. The van der Waals surface area contributed by atoms with Crippen LogP contribution in [0.15, 0.2) is 24.3 Å². The molecule has 0 radical (unpaired) electrons. The Hall–Kier alpha value is -1.84. The Morgan fingerprint density at radius 1 is 1.10 bits per heavy atom. The molecule has 1 aliphatic rings. The predicted molar refractivity (Wildman–Crippen MR) is 79.0 cm³/mol. The normalized spacial score (nSPS) is 15.5. The van der Waals surface area contributed by atoms with Crippen molar-refractivity contribution in [2.75, 3.05) is 7.11 Å². The first-order valence-corrected chi connectivity index (χ1v) is 7.50. The maximum absolute atomic E-state index is 12.0. The average Bonchev–Trinajstić information content (AvgIpc) is 2.54. The van der Waals surface area contributed by atoms with Gasteiger partial charge in [0.2, 0.25) is 0 Å². The molecule has 2 rings (SSSR count). The minimum Gasteiger partial charge on any atom is -0.497 e. The van der Waals surface area contributed by atoms with Crippen LogP contribution in [-0.2, 0) is 20.9 Å². The van der Waals surface area contributed by atoms with E-state index in [4.69, 9.17) is 9.47 Å². The van der Waals surface area contributed by atoms with Crippen molar-refractivity contribution in [2.45, 2.75) is 45.1 Å². The number of carbonyl (C=O) groups is 2. The second-order valence-corrected chi connectivity index (χ2v) is 5.49. The monoisotopic (exact) mass is 290 g/mol. The number of benzene rings is 1. The van der Waals surface area contributed by atoms with Crippen LogP contribution >= 0.6 is 0 Å². The second-order valence-electron chi connectivity index (χ2n) is 5.49. The lowest BCUT2D eigenvalue weighted by atomic mass is 9.85. The van der Waals surface area contributed by atoms with E-state index in [1.807, 2.05) is 24.3 Å². The van der Waals surface area contributed by atoms with Gasteiger partial charge in [0.25, 0.3) is 0 Å². The highest BCUT2D eigenvalue weighted by atomic mass is 16.5. The summed E-state index contributed by atoms with van der Waals surface area (Å²) >= 11 is 0. The van der Waals surface area contributed by atoms with Crippen molar-refractivity contribution in [3.05, 3.63) is 29.8 Å². The van der Waals surface area contributed by atoms with Gasteiger partial charge in [-0.2, -0.15) is 0 Å². The van der Waals surface area contributed by atoms with Gasteiger partial charge in [0.1, 0.15) is 24.6 Å². The maximum atomic E-state index is 12.0. The highest BCUT2D eigenvalue weighted by Crippen LogP contribution is 2.25. The Bertz CT molecular complexity index is 472. The van der Waals surface area contributed by atoms with E-state index >= 15 is 0 Å². The van der Waals surface area contributed by atoms with Crippen LogP contribution in [0, 0.1) is 5.92 Å². The summed E-state index contributed by atoms with van der Waals surface area (Å²) in [5.41, 5.74) is 0.884. The molecule has 0 bridgehead atoms. The molecule has 0 N–H and O–H groups in total. The van der Waals surface area contributed by atoms with Gasteiger partial charge >= 0.3 is 5.97 Å². The molecule has 21 heavy (non-hydrogen) atoms. The van der Waals surface area contributed by atoms with Gasteiger partial charge < -0.3 is 9.47 Å². The van der Waals surface area contributed by atoms with Gasteiger partial charge in [-0.3, -0.25) is 9.59 Å². The third-order valence-corrected chi connectivity index (χ3v) is 3.94. The molecule has 1 aromatic rings. The van der Waals surface area contributed by atoms with Crippen molar-refractivity contribution in [3.8, 4) is 5.75 Å². The van der Waals surface area contributed by atoms with Crippen molar-refractivity contribution >= 4 is 11.8 Å². The van der Waals surface area contributed by atoms with Crippen LogP contribution in [0.25, 0.3) is 0 Å². The highest BCUT2D eigenvalue weighted by molar-refractivity contribution is 5.96. The van der Waals surface area contributed by atoms with E-state index in [2.05, 4.69) is 0 Å². The number of methoxy groups -OCH3 is 1. The largest absolute Gasteiger partial charge is 0.497 e. The molecule has 1 fully saturated rings. The fourth-order valence-electron chi connectivity index (χ4n) is 2.65. The molecule has 1 aromatic carbocycles. The molecule has 0 amide bonds. The number of ether oxygens (including phenoxy) is 2. The SMILES string of the molecule is COc1ccc(COC(=O)CC(=O)C2CCCCC2)cc1. The van der Waals surface area contributed by atoms with Gasteiger partial charge in [-0.15, -0.1) is 0 Å². The molecule has 1 saturated carbocycles. The molecule has 0 saturated heterocycles. The summed E-state index contributed by atoms with van der Waals surface area (Å²) in [5, 5.41) is 0. The number of hydrogen-bond donors (Lipinski definition) is 0. The van der Waals surface area contributed by atoms with Gasteiger partial charge in [0.15, 0.2) is 0 Å². The molecule has 4 heteroatoms. The number of hydrogen-bond acceptors (Lipinski definition) is 4. The van der Waals surface area contributed by atoms with Gasteiger partial charge in [-0.25, -0.2) is 0 Å². The molecule has 0 spiro atoms. The van der Waals surface area contributed by atoms with Crippen molar-refractivity contribution in [1.82, 2.24) is 0 Å². The van der Waals surface area contributed by atoms with Crippen LogP contribution in [0.4, 0.5) is 0 Å². The van der Waals surface area contributed by atoms with Gasteiger partial charge in [-0.05, 0) is 30.5 Å². The van der Waals surface area contributed by atoms with Crippen LogP contribution in [0.5, 0.6) is 5.75 Å². The highest BCUT2D eigenvalue weighted by Gasteiger charge is 2.23. The predicted octanol–water partition coefficient (Wildman–Crippen LogP) is 3.28. The minimum absolute atomic E-state index is 0.0365. The van der Waals surface area contributed by atoms with E-state index in [9.17, 15) is 9.59 Å². The van der Waals surface area contributed by atoms with Crippen molar-refractivity contribution < 1.29 is 19.1 Å². The summed E-state index contributed by atoms with van der Waals surface area (Å²) in [6.07, 6.45) is 5.14. The zero-order valence-electron chi connectivity index (χ0n) is 12.5. The molecule has 4 nitrogen and oxygen atoms in total. The Labute approximate surface area is 125 Å². The molecule has 0 aliphatic heterocycles. The molecule has 1 aliphatic carbocycles. The lowest BCUT2D eigenvalue weighted by Crippen LogP contribution is -2.21. The lowest BCUT2D eigenvalue weighted by molar-refractivity contribution is -0.148. The zero-order valence-corrected chi connectivity index (χ0v) is 12.5. The molecule has 0 atom stereocenters. The van der Waals surface area contributed by atoms with Gasteiger partial charge in [-0.1, -0.05) is 31.4 Å². The first-order valence-electron chi connectivity index (χ1n) is 7.50. The average molecular weight is 290 g/mol. The maximum Gasteiger partial charge on any atom is 0.313 e. The Kier molecular flexibility index (Phi) is 5.78. The Morgan fingerprint density at radius 2 is 1.76 bits per heavy atom. The second kappa shape index (κ2) is 7.81. The van der Waals surface area contributed by atoms with E-state index in [1.165, 1.54) is 6.42 Å².